The summed E-state index contributed by atoms with van der Waals surface area (Å²) in [6.45, 7) is 7.37. The fraction of sp³-hybridized carbons (Fsp3) is 0.455. The van der Waals surface area contributed by atoms with Gasteiger partial charge >= 0.3 is 6.18 Å². The molecular formula is C33H38F5N5O2. The molecule has 0 spiro atoms. The average molecular weight is 632 g/mol. The number of aliphatic hydroxyl groups is 1. The van der Waals surface area contributed by atoms with E-state index in [9.17, 15) is 31.9 Å². The monoisotopic (exact) mass is 631 g/mol. The molecule has 2 N–H and O–H groups in total. The number of nitrogens with zero attached hydrogens (tertiary/aromatic N) is 4. The van der Waals surface area contributed by atoms with E-state index in [2.05, 4.69) is 15.1 Å². The van der Waals surface area contributed by atoms with Crippen LogP contribution in [-0.4, -0.2) is 79.4 Å². The Bertz CT molecular complexity index is 1560. The molecule has 1 aromatic heterocycles. The van der Waals surface area contributed by atoms with Crippen LogP contribution in [-0.2, 0) is 23.1 Å². The van der Waals surface area contributed by atoms with Gasteiger partial charge in [-0.15, -0.1) is 0 Å². The normalized spacial score (nSPS) is 19.4. The predicted octanol–water partition coefficient (Wildman–Crippen LogP) is 5.08. The molecule has 2 aliphatic heterocycles. The van der Waals surface area contributed by atoms with Crippen molar-refractivity contribution in [1.82, 2.24) is 15.2 Å². The Hall–Kier alpha value is -3.61. The van der Waals surface area contributed by atoms with Gasteiger partial charge in [0.25, 0.3) is 0 Å². The van der Waals surface area contributed by atoms with Crippen molar-refractivity contribution < 1.29 is 31.9 Å². The van der Waals surface area contributed by atoms with Crippen LogP contribution in [0.4, 0.5) is 33.5 Å². The number of anilines is 2. The van der Waals surface area contributed by atoms with Crippen LogP contribution in [0, 0.1) is 12.7 Å². The third-order valence-corrected chi connectivity index (χ3v) is 8.99. The number of aromatic nitrogens is 1. The third-order valence-electron chi connectivity index (χ3n) is 8.99. The first kappa shape index (κ1) is 32.8. The van der Waals surface area contributed by atoms with E-state index in [4.69, 9.17) is 4.98 Å². The van der Waals surface area contributed by atoms with Crippen LogP contribution in [0.5, 0.6) is 0 Å². The van der Waals surface area contributed by atoms with E-state index in [1.54, 1.807) is 19.2 Å². The Labute approximate surface area is 259 Å². The zero-order chi connectivity index (χ0) is 32.7. The van der Waals surface area contributed by atoms with Crippen molar-refractivity contribution in [3.63, 3.8) is 0 Å². The van der Waals surface area contributed by atoms with Crippen molar-refractivity contribution in [1.29, 1.82) is 0 Å². The molecule has 2 atom stereocenters. The lowest BCUT2D eigenvalue weighted by Crippen LogP contribution is -2.64. The number of benzene rings is 2. The zero-order valence-electron chi connectivity index (χ0n) is 25.8. The maximum atomic E-state index is 14.1. The molecule has 1 unspecified atom stereocenters. The number of hydrogen-bond acceptors (Lipinski definition) is 6. The molecule has 2 fully saturated rings. The number of carbonyl (C=O) groups excluding carboxylic acids is 1. The van der Waals surface area contributed by atoms with E-state index in [1.807, 2.05) is 6.07 Å². The summed E-state index contributed by atoms with van der Waals surface area (Å²) in [5.41, 5.74) is -0.305. The molecular weight excluding hydrogens is 593 g/mol. The van der Waals surface area contributed by atoms with Gasteiger partial charge < -0.3 is 20.2 Å². The Kier molecular flexibility index (Phi) is 9.21. The molecule has 242 valence electrons. The summed E-state index contributed by atoms with van der Waals surface area (Å²) in [5.74, 6) is -0.262. The van der Waals surface area contributed by atoms with E-state index in [0.29, 0.717) is 41.3 Å². The highest BCUT2D eigenvalue weighted by Crippen LogP contribution is 2.39. The number of nitrogens with one attached hydrogen (secondary N) is 1. The molecule has 0 radical (unpaired) electrons. The van der Waals surface area contributed by atoms with Gasteiger partial charge in [-0.25, -0.2) is 13.8 Å². The summed E-state index contributed by atoms with van der Waals surface area (Å²) in [6, 6.07) is 9.41. The summed E-state index contributed by atoms with van der Waals surface area (Å²) in [4.78, 5) is 24.6. The van der Waals surface area contributed by atoms with Crippen molar-refractivity contribution in [2.75, 3.05) is 56.2 Å². The second-order valence-corrected chi connectivity index (χ2v) is 12.4. The maximum absolute atomic E-state index is 14.1. The minimum absolute atomic E-state index is 0.0355. The smallest absolute Gasteiger partial charge is 0.395 e. The minimum atomic E-state index is -4.71. The standard InChI is InChI=1S/C33H38F5N5O2/c1-20-9-24(35)5-6-27(20)28-13-30(43-8-7-42-17-25(19-44)39-15-26(42)18-43)40-16-29(28)41(4)31(45)32(2,3)22-10-21(14-34)11-23(12-22)33(36,37)38/h5-6,9-13,16,25-26,39,44H,7-8,14-15,17-19H2,1-4H3/t25-,26?/m1/s1. The van der Waals surface area contributed by atoms with Crippen LogP contribution in [0.15, 0.2) is 48.7 Å². The number of alkyl halides is 4. The average Bonchev–Trinajstić information content (AvgIpc) is 3.02. The molecule has 45 heavy (non-hydrogen) atoms. The Balaban J connectivity index is 1.51. The quantitative estimate of drug-likeness (QED) is 0.355. The fourth-order valence-corrected chi connectivity index (χ4v) is 6.28. The van der Waals surface area contributed by atoms with E-state index in [0.717, 1.165) is 31.8 Å². The molecule has 2 saturated heterocycles. The second kappa shape index (κ2) is 12.6. The molecule has 2 aliphatic rings. The summed E-state index contributed by atoms with van der Waals surface area (Å²) < 4.78 is 68.7. The van der Waals surface area contributed by atoms with Gasteiger partial charge in [-0.3, -0.25) is 9.69 Å². The molecule has 7 nitrogen and oxygen atoms in total. The van der Waals surface area contributed by atoms with Crippen LogP contribution in [0.3, 0.4) is 0 Å². The molecule has 0 aliphatic carbocycles. The number of pyridine rings is 1. The molecule has 0 bridgehead atoms. The van der Waals surface area contributed by atoms with Crippen LogP contribution in [0.25, 0.3) is 11.1 Å². The van der Waals surface area contributed by atoms with Gasteiger partial charge in [-0.05, 0) is 73.4 Å². The van der Waals surface area contributed by atoms with Crippen molar-refractivity contribution in [3.8, 4) is 11.1 Å². The topological polar surface area (TPSA) is 71.9 Å². The molecule has 12 heteroatoms. The second-order valence-electron chi connectivity index (χ2n) is 12.4. The Morgan fingerprint density at radius 3 is 2.47 bits per heavy atom. The van der Waals surface area contributed by atoms with E-state index >= 15 is 0 Å². The maximum Gasteiger partial charge on any atom is 0.416 e. The molecule has 2 aromatic carbocycles. The number of likely N-dealkylation sites (N-methyl/N-ethyl adjacent to an activating group) is 1. The van der Waals surface area contributed by atoms with Crippen LogP contribution >= 0.6 is 0 Å². The van der Waals surface area contributed by atoms with Crippen molar-refractivity contribution in [2.45, 2.75) is 51.1 Å². The molecule has 1 amide bonds. The fourth-order valence-electron chi connectivity index (χ4n) is 6.28. The highest BCUT2D eigenvalue weighted by Gasteiger charge is 2.38. The minimum Gasteiger partial charge on any atom is -0.395 e. The number of amides is 1. The van der Waals surface area contributed by atoms with Crippen LogP contribution in [0.1, 0.15) is 36.1 Å². The van der Waals surface area contributed by atoms with Gasteiger partial charge in [0.1, 0.15) is 18.3 Å². The molecule has 3 heterocycles. The van der Waals surface area contributed by atoms with Crippen molar-refractivity contribution >= 4 is 17.4 Å². The third kappa shape index (κ3) is 6.68. The van der Waals surface area contributed by atoms with Gasteiger partial charge in [0.15, 0.2) is 0 Å². The summed E-state index contributed by atoms with van der Waals surface area (Å²) >= 11 is 0. The molecule has 0 saturated carbocycles. The van der Waals surface area contributed by atoms with E-state index in [-0.39, 0.29) is 29.8 Å². The van der Waals surface area contributed by atoms with Crippen LogP contribution < -0.4 is 15.1 Å². The van der Waals surface area contributed by atoms with Gasteiger partial charge in [-0.1, -0.05) is 12.1 Å². The van der Waals surface area contributed by atoms with Crippen molar-refractivity contribution in [3.05, 3.63) is 76.7 Å². The Morgan fingerprint density at radius 1 is 1.07 bits per heavy atom. The van der Waals surface area contributed by atoms with Gasteiger partial charge in [-0.2, -0.15) is 13.2 Å². The SMILES string of the molecule is Cc1cc(F)ccc1-c1cc(N2CCN3C[C@H](CO)NCC3C2)ncc1N(C)C(=O)C(C)(C)c1cc(CF)cc(C(F)(F)F)c1. The zero-order valence-corrected chi connectivity index (χ0v) is 25.8. The lowest BCUT2D eigenvalue weighted by molar-refractivity contribution is -0.137. The summed E-state index contributed by atoms with van der Waals surface area (Å²) in [6.07, 6.45) is -3.15. The number of carbonyl (C=O) groups is 1. The summed E-state index contributed by atoms with van der Waals surface area (Å²) in [5, 5.41) is 12.9. The highest BCUT2D eigenvalue weighted by atomic mass is 19.4. The van der Waals surface area contributed by atoms with Gasteiger partial charge in [0.2, 0.25) is 5.91 Å². The molecule has 5 rings (SSSR count). The first-order chi connectivity index (χ1) is 21.2. The first-order valence-corrected chi connectivity index (χ1v) is 14.9. The number of aliphatic hydroxyl groups excluding tert-OH is 1. The molecule has 3 aromatic rings. The number of halogens is 5. The number of fused-ring (bicyclic) bond motifs is 1. The lowest BCUT2D eigenvalue weighted by Gasteiger charge is -2.46. The van der Waals surface area contributed by atoms with E-state index in [1.165, 1.54) is 44.0 Å². The van der Waals surface area contributed by atoms with Crippen molar-refractivity contribution in [2.24, 2.45) is 0 Å². The van der Waals surface area contributed by atoms with Gasteiger partial charge in [0, 0.05) is 57.4 Å². The highest BCUT2D eigenvalue weighted by molar-refractivity contribution is 6.03. The number of rotatable bonds is 7. The number of piperazine rings is 2. The van der Waals surface area contributed by atoms with E-state index < -0.39 is 35.6 Å². The predicted molar refractivity (Wildman–Crippen MR) is 164 cm³/mol. The lowest BCUT2D eigenvalue weighted by atomic mass is 9.81. The number of aryl methyl sites for hydroxylation is 1. The summed E-state index contributed by atoms with van der Waals surface area (Å²) in [7, 11) is 1.52. The largest absolute Gasteiger partial charge is 0.416 e. The number of hydrogen-bond donors (Lipinski definition) is 2. The van der Waals surface area contributed by atoms with Gasteiger partial charge in [0.05, 0.1) is 29.5 Å². The first-order valence-electron chi connectivity index (χ1n) is 14.9. The van der Waals surface area contributed by atoms with Crippen LogP contribution in [0.2, 0.25) is 0 Å². The Morgan fingerprint density at radius 2 is 1.80 bits per heavy atom.